The average Bonchev–Trinajstić information content (AvgIpc) is 3.23. The molecule has 0 aliphatic rings. The number of hydrogen-bond acceptors (Lipinski definition) is 3. The van der Waals surface area contributed by atoms with Gasteiger partial charge in [0.05, 0.1) is 11.4 Å². The number of benzene rings is 3. The topological polar surface area (TPSA) is 58.4 Å². The van der Waals surface area contributed by atoms with Crippen LogP contribution in [0.1, 0.15) is 17.5 Å². The van der Waals surface area contributed by atoms with Gasteiger partial charge in [-0.1, -0.05) is 60.1 Å². The normalized spacial score (nSPS) is 10.8. The van der Waals surface area contributed by atoms with Gasteiger partial charge in [0.1, 0.15) is 5.75 Å². The highest BCUT2D eigenvalue weighted by Gasteiger charge is 2.17. The molecule has 6 heteroatoms. The molecule has 162 valence electrons. The Hall–Kier alpha value is -3.57. The first-order valence-corrected chi connectivity index (χ1v) is 10.8. The highest BCUT2D eigenvalue weighted by molar-refractivity contribution is 6.30. The molecule has 0 fully saturated rings. The molecule has 0 radical (unpaired) electrons. The zero-order valence-corrected chi connectivity index (χ0v) is 18.5. The predicted octanol–water partition coefficient (Wildman–Crippen LogP) is 5.49. The van der Waals surface area contributed by atoms with Crippen LogP contribution in [0.2, 0.25) is 5.02 Å². The molecule has 5 nitrogen and oxygen atoms in total. The fraction of sp³-hybridized carbons (Fsp3) is 0.154. The van der Waals surface area contributed by atoms with E-state index in [1.54, 1.807) is 24.1 Å². The number of amides is 1. The number of carbonyl (C=O) groups is 1. The van der Waals surface area contributed by atoms with Crippen LogP contribution in [0.4, 0.5) is 0 Å². The second-order valence-corrected chi connectivity index (χ2v) is 8.10. The Morgan fingerprint density at radius 1 is 0.969 bits per heavy atom. The largest absolute Gasteiger partial charge is 0.508 e. The van der Waals surface area contributed by atoms with E-state index in [9.17, 15) is 9.90 Å². The maximum absolute atomic E-state index is 12.8. The van der Waals surface area contributed by atoms with E-state index in [1.807, 2.05) is 77.6 Å². The number of nitrogens with zero attached hydrogens (tertiary/aromatic N) is 3. The summed E-state index contributed by atoms with van der Waals surface area (Å²) < 4.78 is 1.83. The van der Waals surface area contributed by atoms with Crippen LogP contribution in [0.5, 0.6) is 5.75 Å². The molecule has 4 aromatic rings. The molecule has 1 heterocycles. The van der Waals surface area contributed by atoms with Crippen molar-refractivity contribution in [2.75, 3.05) is 7.05 Å². The molecular formula is C26H24ClN3O2. The second-order valence-electron chi connectivity index (χ2n) is 7.67. The maximum atomic E-state index is 12.8. The standard InChI is InChI=1S/C26H24ClN3O2/c1-29(25(32)16-13-19-7-5-6-10-24(19)31)17-21-18-30(23-8-3-2-4-9-23)28-26(21)20-11-14-22(27)15-12-20/h2-12,14-15,18,31H,13,16-17H2,1H3. The molecule has 0 atom stereocenters. The number of halogens is 1. The quantitative estimate of drug-likeness (QED) is 0.409. The first kappa shape index (κ1) is 21.7. The summed E-state index contributed by atoms with van der Waals surface area (Å²) in [5, 5.41) is 15.4. The molecule has 1 amide bonds. The third-order valence-electron chi connectivity index (χ3n) is 5.36. The third-order valence-corrected chi connectivity index (χ3v) is 5.61. The van der Waals surface area contributed by atoms with E-state index in [4.69, 9.17) is 16.7 Å². The molecule has 0 aliphatic carbocycles. The molecule has 32 heavy (non-hydrogen) atoms. The summed E-state index contributed by atoms with van der Waals surface area (Å²) in [6.07, 6.45) is 2.77. The molecule has 0 aliphatic heterocycles. The van der Waals surface area contributed by atoms with Crippen LogP contribution in [-0.2, 0) is 17.8 Å². The fourth-order valence-electron chi connectivity index (χ4n) is 3.59. The van der Waals surface area contributed by atoms with Gasteiger partial charge in [-0.2, -0.15) is 5.10 Å². The molecule has 0 spiro atoms. The zero-order chi connectivity index (χ0) is 22.5. The van der Waals surface area contributed by atoms with Gasteiger partial charge in [0.15, 0.2) is 0 Å². The van der Waals surface area contributed by atoms with Crippen molar-refractivity contribution in [1.29, 1.82) is 0 Å². The number of hydrogen-bond donors (Lipinski definition) is 1. The SMILES string of the molecule is CN(Cc1cn(-c2ccccc2)nc1-c1ccc(Cl)cc1)C(=O)CCc1ccccc1O. The highest BCUT2D eigenvalue weighted by Crippen LogP contribution is 2.26. The lowest BCUT2D eigenvalue weighted by atomic mass is 10.1. The Balaban J connectivity index is 1.56. The van der Waals surface area contributed by atoms with Crippen LogP contribution in [-0.4, -0.2) is 32.7 Å². The van der Waals surface area contributed by atoms with Gasteiger partial charge in [-0.05, 0) is 42.3 Å². The fourth-order valence-corrected chi connectivity index (χ4v) is 3.71. The van der Waals surface area contributed by atoms with Crippen LogP contribution in [0.3, 0.4) is 0 Å². The van der Waals surface area contributed by atoms with E-state index < -0.39 is 0 Å². The van der Waals surface area contributed by atoms with Gasteiger partial charge in [0.25, 0.3) is 0 Å². The van der Waals surface area contributed by atoms with Gasteiger partial charge in [-0.3, -0.25) is 4.79 Å². The highest BCUT2D eigenvalue weighted by atomic mass is 35.5. The summed E-state index contributed by atoms with van der Waals surface area (Å²) in [6, 6.07) is 24.5. The van der Waals surface area contributed by atoms with Crippen LogP contribution in [0.25, 0.3) is 16.9 Å². The molecule has 0 saturated carbocycles. The summed E-state index contributed by atoms with van der Waals surface area (Å²) in [5.74, 6) is 0.222. The zero-order valence-electron chi connectivity index (χ0n) is 17.8. The smallest absolute Gasteiger partial charge is 0.222 e. The van der Waals surface area contributed by atoms with E-state index in [1.165, 1.54) is 0 Å². The molecule has 0 bridgehead atoms. The van der Waals surface area contributed by atoms with Crippen LogP contribution < -0.4 is 0 Å². The maximum Gasteiger partial charge on any atom is 0.222 e. The van der Waals surface area contributed by atoms with E-state index in [0.717, 1.165) is 28.1 Å². The molecule has 4 rings (SSSR count). The van der Waals surface area contributed by atoms with E-state index in [2.05, 4.69) is 0 Å². The van der Waals surface area contributed by atoms with Crippen LogP contribution in [0.15, 0.2) is 85.1 Å². The number of aryl methyl sites for hydroxylation is 1. The number of para-hydroxylation sites is 2. The van der Waals surface area contributed by atoms with Crippen molar-refractivity contribution in [3.8, 4) is 22.7 Å². The van der Waals surface area contributed by atoms with Crippen molar-refractivity contribution in [1.82, 2.24) is 14.7 Å². The van der Waals surface area contributed by atoms with Crippen molar-refractivity contribution in [3.05, 3.63) is 101 Å². The van der Waals surface area contributed by atoms with Gasteiger partial charge in [-0.15, -0.1) is 0 Å². The lowest BCUT2D eigenvalue weighted by molar-refractivity contribution is -0.130. The number of phenols is 1. The first-order chi connectivity index (χ1) is 15.5. The van der Waals surface area contributed by atoms with Crippen molar-refractivity contribution in [2.45, 2.75) is 19.4 Å². The van der Waals surface area contributed by atoms with Crippen molar-refractivity contribution in [2.24, 2.45) is 0 Å². The lowest BCUT2D eigenvalue weighted by Gasteiger charge is -2.17. The molecule has 0 unspecified atom stereocenters. The van der Waals surface area contributed by atoms with E-state index in [0.29, 0.717) is 24.4 Å². The molecule has 3 aromatic carbocycles. The van der Waals surface area contributed by atoms with Gasteiger partial charge in [-0.25, -0.2) is 4.68 Å². The summed E-state index contributed by atoms with van der Waals surface area (Å²) in [6.45, 7) is 0.421. The molecule has 0 saturated heterocycles. The average molecular weight is 446 g/mol. The minimum absolute atomic E-state index is 0.00257. The van der Waals surface area contributed by atoms with Crippen LogP contribution >= 0.6 is 11.6 Å². The predicted molar refractivity (Wildman–Crippen MR) is 127 cm³/mol. The summed E-state index contributed by atoms with van der Waals surface area (Å²) in [5.41, 5.74) is 4.41. The minimum Gasteiger partial charge on any atom is -0.508 e. The lowest BCUT2D eigenvalue weighted by Crippen LogP contribution is -2.26. The monoisotopic (exact) mass is 445 g/mol. The number of aromatic hydroxyl groups is 1. The van der Waals surface area contributed by atoms with Gasteiger partial charge in [0, 0.05) is 42.4 Å². The molecule has 1 N–H and O–H groups in total. The Bertz CT molecular complexity index is 1200. The minimum atomic E-state index is 0.00257. The van der Waals surface area contributed by atoms with E-state index >= 15 is 0 Å². The molecule has 1 aromatic heterocycles. The Labute approximate surface area is 192 Å². The summed E-state index contributed by atoms with van der Waals surface area (Å²) >= 11 is 6.07. The van der Waals surface area contributed by atoms with Crippen molar-refractivity contribution < 1.29 is 9.90 Å². The van der Waals surface area contributed by atoms with Crippen molar-refractivity contribution >= 4 is 17.5 Å². The number of rotatable bonds is 7. The Kier molecular flexibility index (Phi) is 6.57. The number of carbonyl (C=O) groups excluding carboxylic acids is 1. The van der Waals surface area contributed by atoms with Gasteiger partial charge < -0.3 is 10.0 Å². The van der Waals surface area contributed by atoms with Gasteiger partial charge in [0.2, 0.25) is 5.91 Å². The number of phenolic OH excluding ortho intramolecular Hbond substituents is 1. The Morgan fingerprint density at radius 3 is 2.38 bits per heavy atom. The first-order valence-electron chi connectivity index (χ1n) is 10.4. The van der Waals surface area contributed by atoms with Crippen molar-refractivity contribution in [3.63, 3.8) is 0 Å². The Morgan fingerprint density at radius 2 is 1.66 bits per heavy atom. The summed E-state index contributed by atoms with van der Waals surface area (Å²) in [4.78, 5) is 14.5. The second kappa shape index (κ2) is 9.71. The summed E-state index contributed by atoms with van der Waals surface area (Å²) in [7, 11) is 1.79. The van der Waals surface area contributed by atoms with Gasteiger partial charge >= 0.3 is 0 Å². The number of aromatic nitrogens is 2. The third kappa shape index (κ3) is 5.01. The van der Waals surface area contributed by atoms with Crippen LogP contribution in [0, 0.1) is 0 Å². The molecular weight excluding hydrogens is 422 g/mol. The van der Waals surface area contributed by atoms with E-state index in [-0.39, 0.29) is 11.7 Å².